The molecule has 0 bridgehead atoms. The number of sulfone groups is 1. The largest absolute Gasteiger partial charge is 0.436 e. The molecular formula is C18H19F3N4O3S. The van der Waals surface area contributed by atoms with E-state index in [1.807, 2.05) is 0 Å². The van der Waals surface area contributed by atoms with Crippen LogP contribution in [0.1, 0.15) is 36.4 Å². The lowest BCUT2D eigenvalue weighted by Gasteiger charge is -2.50. The summed E-state index contributed by atoms with van der Waals surface area (Å²) < 4.78 is 64.5. The number of hydrogen-bond donors (Lipinski definition) is 1. The molecule has 1 atom stereocenters. The van der Waals surface area contributed by atoms with Crippen LogP contribution in [0.25, 0.3) is 11.4 Å². The average molecular weight is 428 g/mol. The molecule has 156 valence electrons. The Hall–Kier alpha value is -2.27. The van der Waals surface area contributed by atoms with E-state index < -0.39 is 28.2 Å². The van der Waals surface area contributed by atoms with Gasteiger partial charge in [0.05, 0.1) is 28.0 Å². The summed E-state index contributed by atoms with van der Waals surface area (Å²) in [5.74, 6) is 0.188. The van der Waals surface area contributed by atoms with Crippen LogP contribution in [0.15, 0.2) is 23.5 Å². The molecule has 29 heavy (non-hydrogen) atoms. The molecule has 2 aliphatic rings. The van der Waals surface area contributed by atoms with E-state index >= 15 is 0 Å². The molecular weight excluding hydrogens is 409 g/mol. The van der Waals surface area contributed by atoms with E-state index in [2.05, 4.69) is 15.0 Å². The summed E-state index contributed by atoms with van der Waals surface area (Å²) in [4.78, 5) is 13.4. The van der Waals surface area contributed by atoms with Crippen molar-refractivity contribution in [3.63, 3.8) is 0 Å². The fourth-order valence-electron chi connectivity index (χ4n) is 3.63. The number of nitrogens with zero attached hydrogens (tertiary/aromatic N) is 4. The second-order valence-electron chi connectivity index (χ2n) is 7.53. The Balaban J connectivity index is 1.78. The van der Waals surface area contributed by atoms with Gasteiger partial charge in [0.2, 0.25) is 5.72 Å². The van der Waals surface area contributed by atoms with Crippen molar-refractivity contribution in [3.05, 3.63) is 29.8 Å². The van der Waals surface area contributed by atoms with Crippen molar-refractivity contribution >= 4 is 15.5 Å². The van der Waals surface area contributed by atoms with Crippen LogP contribution < -0.4 is 4.90 Å². The second-order valence-corrected chi connectivity index (χ2v) is 9.48. The number of pyridine rings is 1. The second kappa shape index (κ2) is 6.36. The van der Waals surface area contributed by atoms with Gasteiger partial charge in [-0.05, 0) is 31.2 Å². The Morgan fingerprint density at radius 2 is 1.93 bits per heavy atom. The number of halogens is 3. The minimum atomic E-state index is -4.82. The molecule has 1 aliphatic carbocycles. The van der Waals surface area contributed by atoms with E-state index in [0.29, 0.717) is 5.56 Å². The molecule has 1 aliphatic heterocycles. The highest BCUT2D eigenvalue weighted by Gasteiger charge is 2.63. The standard InChI is InChI=1S/C18H19F3N4O3S/c1-10-14(25-6-5-17(25,26)18(19,20)21)9-23-16(24-10)13-8-22-7-12(11-3-4-11)15(13)29(2,27)28/h7-9,11,26H,3-6H2,1-2H3. The Bertz CT molecular complexity index is 1090. The molecule has 11 heteroatoms. The molecule has 1 saturated heterocycles. The molecule has 3 heterocycles. The Morgan fingerprint density at radius 1 is 1.24 bits per heavy atom. The van der Waals surface area contributed by atoms with Gasteiger partial charge in [0.1, 0.15) is 0 Å². The maximum atomic E-state index is 13.2. The first-order valence-electron chi connectivity index (χ1n) is 9.02. The molecule has 0 radical (unpaired) electrons. The van der Waals surface area contributed by atoms with Crippen molar-refractivity contribution in [1.29, 1.82) is 0 Å². The van der Waals surface area contributed by atoms with Crippen LogP contribution in [0.5, 0.6) is 0 Å². The summed E-state index contributed by atoms with van der Waals surface area (Å²) in [5, 5.41) is 9.98. The van der Waals surface area contributed by atoms with Crippen molar-refractivity contribution in [2.24, 2.45) is 0 Å². The SMILES string of the molecule is Cc1nc(-c2cncc(C3CC3)c2S(C)(=O)=O)ncc1N1CCC1(O)C(F)(F)F. The highest BCUT2D eigenvalue weighted by Crippen LogP contribution is 2.46. The fourth-order valence-corrected chi connectivity index (χ4v) is 4.82. The zero-order chi connectivity index (χ0) is 21.2. The van der Waals surface area contributed by atoms with Crippen LogP contribution in [-0.2, 0) is 9.84 Å². The molecule has 7 nitrogen and oxygen atoms in total. The highest BCUT2D eigenvalue weighted by atomic mass is 32.2. The van der Waals surface area contributed by atoms with Gasteiger partial charge in [-0.25, -0.2) is 18.4 Å². The first-order valence-corrected chi connectivity index (χ1v) is 10.9. The number of anilines is 1. The molecule has 2 aromatic rings. The first kappa shape index (κ1) is 20.0. The number of aromatic nitrogens is 3. The minimum Gasteiger partial charge on any atom is -0.363 e. The Morgan fingerprint density at radius 3 is 2.41 bits per heavy atom. The van der Waals surface area contributed by atoms with Gasteiger partial charge in [-0.1, -0.05) is 0 Å². The first-order chi connectivity index (χ1) is 13.4. The highest BCUT2D eigenvalue weighted by molar-refractivity contribution is 7.90. The molecule has 1 N–H and O–H groups in total. The zero-order valence-corrected chi connectivity index (χ0v) is 16.5. The van der Waals surface area contributed by atoms with Crippen molar-refractivity contribution in [1.82, 2.24) is 15.0 Å². The number of hydrogen-bond acceptors (Lipinski definition) is 7. The predicted molar refractivity (Wildman–Crippen MR) is 98.1 cm³/mol. The van der Waals surface area contributed by atoms with Gasteiger partial charge in [0.25, 0.3) is 0 Å². The van der Waals surface area contributed by atoms with Gasteiger partial charge < -0.3 is 10.0 Å². The fraction of sp³-hybridized carbons (Fsp3) is 0.500. The third-order valence-electron chi connectivity index (χ3n) is 5.38. The summed E-state index contributed by atoms with van der Waals surface area (Å²) in [6.07, 6.45) is 1.65. The van der Waals surface area contributed by atoms with Crippen molar-refractivity contribution in [3.8, 4) is 11.4 Å². The third-order valence-corrected chi connectivity index (χ3v) is 6.58. The van der Waals surface area contributed by atoms with Gasteiger partial charge >= 0.3 is 6.18 Å². The Kier molecular flexibility index (Phi) is 4.39. The molecule has 1 saturated carbocycles. The average Bonchev–Trinajstić information content (AvgIpc) is 3.44. The van der Waals surface area contributed by atoms with E-state index in [-0.39, 0.29) is 40.1 Å². The van der Waals surface area contributed by atoms with Gasteiger partial charge in [-0.3, -0.25) is 4.98 Å². The van der Waals surface area contributed by atoms with Gasteiger partial charge in [0.15, 0.2) is 15.7 Å². The molecule has 4 rings (SSSR count). The van der Waals surface area contributed by atoms with Gasteiger partial charge in [0, 0.05) is 31.6 Å². The van der Waals surface area contributed by atoms with Crippen LogP contribution in [-0.4, -0.2) is 53.2 Å². The topological polar surface area (TPSA) is 96.3 Å². The third kappa shape index (κ3) is 3.25. The van der Waals surface area contributed by atoms with Crippen LogP contribution in [0.3, 0.4) is 0 Å². The van der Waals surface area contributed by atoms with E-state index in [4.69, 9.17) is 0 Å². The molecule has 1 unspecified atom stereocenters. The van der Waals surface area contributed by atoms with Crippen molar-refractivity contribution < 1.29 is 26.7 Å². The van der Waals surface area contributed by atoms with Gasteiger partial charge in [-0.2, -0.15) is 13.2 Å². The maximum absolute atomic E-state index is 13.2. The molecule has 0 spiro atoms. The smallest absolute Gasteiger partial charge is 0.363 e. The summed E-state index contributed by atoms with van der Waals surface area (Å²) in [5.41, 5.74) is -1.86. The molecule has 0 aromatic carbocycles. The van der Waals surface area contributed by atoms with E-state index in [9.17, 15) is 26.7 Å². The number of rotatable bonds is 4. The zero-order valence-electron chi connectivity index (χ0n) is 15.7. The lowest BCUT2D eigenvalue weighted by Crippen LogP contribution is -2.68. The lowest BCUT2D eigenvalue weighted by molar-refractivity contribution is -0.279. The molecule has 0 amide bonds. The van der Waals surface area contributed by atoms with E-state index in [1.165, 1.54) is 25.5 Å². The lowest BCUT2D eigenvalue weighted by atomic mass is 9.96. The maximum Gasteiger partial charge on any atom is 0.436 e. The summed E-state index contributed by atoms with van der Waals surface area (Å²) in [6, 6.07) is 0. The van der Waals surface area contributed by atoms with Crippen molar-refractivity contribution in [2.75, 3.05) is 17.7 Å². The summed E-state index contributed by atoms with van der Waals surface area (Å²) in [6.45, 7) is 1.50. The van der Waals surface area contributed by atoms with E-state index in [1.54, 1.807) is 0 Å². The molecule has 2 aromatic heterocycles. The molecule has 2 fully saturated rings. The summed E-state index contributed by atoms with van der Waals surface area (Å²) in [7, 11) is -3.61. The van der Waals surface area contributed by atoms with E-state index in [0.717, 1.165) is 24.0 Å². The van der Waals surface area contributed by atoms with Crippen LogP contribution in [0.4, 0.5) is 18.9 Å². The number of aryl methyl sites for hydroxylation is 1. The normalized spacial score (nSPS) is 22.5. The monoisotopic (exact) mass is 428 g/mol. The van der Waals surface area contributed by atoms with Crippen LogP contribution >= 0.6 is 0 Å². The minimum absolute atomic E-state index is 0.00681. The van der Waals surface area contributed by atoms with Gasteiger partial charge in [-0.15, -0.1) is 0 Å². The quantitative estimate of drug-likeness (QED) is 0.800. The summed E-state index contributed by atoms with van der Waals surface area (Å²) >= 11 is 0. The number of alkyl halides is 3. The predicted octanol–water partition coefficient (Wildman–Crippen LogP) is 2.59. The van der Waals surface area contributed by atoms with Crippen LogP contribution in [0, 0.1) is 6.92 Å². The number of aliphatic hydroxyl groups is 1. The Labute approximate surface area is 165 Å². The van der Waals surface area contributed by atoms with Crippen molar-refractivity contribution in [2.45, 2.75) is 48.9 Å². The van der Waals surface area contributed by atoms with Crippen LogP contribution in [0.2, 0.25) is 0 Å².